The fourth-order valence-electron chi connectivity index (χ4n) is 1.56. The number of hydrogen-bond acceptors (Lipinski definition) is 4. The Hall–Kier alpha value is -2.71. The molecule has 0 saturated heterocycles. The summed E-state index contributed by atoms with van der Waals surface area (Å²) in [5.74, 6) is 0. The molecule has 0 bridgehead atoms. The van der Waals surface area contributed by atoms with Crippen molar-refractivity contribution >= 4 is 29.2 Å². The highest BCUT2D eigenvalue weighted by Crippen LogP contribution is 2.22. The number of nitro groups is 1. The number of aliphatic imine (C=N–C) groups is 1. The summed E-state index contributed by atoms with van der Waals surface area (Å²) >= 11 is 5.96. The monoisotopic (exact) mass is 285 g/mol. The maximum absolute atomic E-state index is 10.7. The lowest BCUT2D eigenvalue weighted by Gasteiger charge is -1.99. The SMILES string of the molecule is N#Cc1ccccc1N=Cc1cc([N+](=O)[O-])ccc1Cl. The third-order valence-electron chi connectivity index (χ3n) is 2.56. The molecule has 0 amide bonds. The first-order chi connectivity index (χ1) is 9.61. The van der Waals surface area contributed by atoms with Crippen molar-refractivity contribution in [1.29, 1.82) is 5.26 Å². The predicted molar refractivity (Wildman–Crippen MR) is 76.5 cm³/mol. The second-order valence-electron chi connectivity index (χ2n) is 3.85. The van der Waals surface area contributed by atoms with Crippen molar-refractivity contribution in [3.05, 3.63) is 68.7 Å². The van der Waals surface area contributed by atoms with Gasteiger partial charge >= 0.3 is 0 Å². The van der Waals surface area contributed by atoms with Crippen LogP contribution < -0.4 is 0 Å². The Kier molecular flexibility index (Phi) is 4.08. The smallest absolute Gasteiger partial charge is 0.258 e. The Morgan fingerprint density at radius 1 is 1.30 bits per heavy atom. The number of hydrogen-bond donors (Lipinski definition) is 0. The molecule has 0 heterocycles. The van der Waals surface area contributed by atoms with Crippen molar-refractivity contribution in [3.63, 3.8) is 0 Å². The minimum absolute atomic E-state index is 0.0654. The Morgan fingerprint density at radius 3 is 2.75 bits per heavy atom. The zero-order valence-corrected chi connectivity index (χ0v) is 10.9. The van der Waals surface area contributed by atoms with Gasteiger partial charge in [-0.2, -0.15) is 5.26 Å². The highest BCUT2D eigenvalue weighted by Gasteiger charge is 2.08. The summed E-state index contributed by atoms with van der Waals surface area (Å²) in [6.45, 7) is 0. The van der Waals surface area contributed by atoms with Crippen molar-refractivity contribution in [2.45, 2.75) is 0 Å². The van der Waals surface area contributed by atoms with Crippen molar-refractivity contribution in [2.75, 3.05) is 0 Å². The number of nitrogens with zero attached hydrogens (tertiary/aromatic N) is 3. The van der Waals surface area contributed by atoms with Gasteiger partial charge in [0.2, 0.25) is 0 Å². The third-order valence-corrected chi connectivity index (χ3v) is 2.90. The first-order valence-electron chi connectivity index (χ1n) is 5.59. The summed E-state index contributed by atoms with van der Waals surface area (Å²) in [5.41, 5.74) is 1.26. The first kappa shape index (κ1) is 13.7. The number of rotatable bonds is 3. The van der Waals surface area contributed by atoms with Gasteiger partial charge in [0.25, 0.3) is 5.69 Å². The average molecular weight is 286 g/mol. The van der Waals surface area contributed by atoms with Gasteiger partial charge in [0, 0.05) is 28.9 Å². The molecular weight excluding hydrogens is 278 g/mol. The molecule has 0 aliphatic rings. The van der Waals surface area contributed by atoms with Crippen molar-refractivity contribution in [1.82, 2.24) is 0 Å². The molecule has 0 fully saturated rings. The number of non-ortho nitro benzene ring substituents is 1. The molecule has 0 saturated carbocycles. The highest BCUT2D eigenvalue weighted by atomic mass is 35.5. The van der Waals surface area contributed by atoms with E-state index in [9.17, 15) is 10.1 Å². The molecule has 0 N–H and O–H groups in total. The van der Waals surface area contributed by atoms with Crippen molar-refractivity contribution in [2.24, 2.45) is 4.99 Å². The fraction of sp³-hybridized carbons (Fsp3) is 0. The van der Waals surface area contributed by atoms with E-state index < -0.39 is 4.92 Å². The molecule has 2 aromatic rings. The molecule has 2 aromatic carbocycles. The van der Waals surface area contributed by atoms with E-state index in [1.54, 1.807) is 24.3 Å². The van der Waals surface area contributed by atoms with Crippen LogP contribution in [0.25, 0.3) is 0 Å². The molecular formula is C14H8ClN3O2. The second kappa shape index (κ2) is 5.95. The quantitative estimate of drug-likeness (QED) is 0.488. The number of nitriles is 1. The maximum atomic E-state index is 10.7. The van der Waals surface area contributed by atoms with Gasteiger partial charge in [-0.1, -0.05) is 23.7 Å². The summed E-state index contributed by atoms with van der Waals surface area (Å²) < 4.78 is 0. The van der Waals surface area contributed by atoms with Gasteiger partial charge in [0.15, 0.2) is 0 Å². The van der Waals surface area contributed by atoms with Gasteiger partial charge in [-0.05, 0) is 18.2 Å². The van der Waals surface area contributed by atoms with Crippen molar-refractivity contribution < 1.29 is 4.92 Å². The summed E-state index contributed by atoms with van der Waals surface area (Å²) in [5, 5.41) is 20.0. The van der Waals surface area contributed by atoms with Crippen molar-refractivity contribution in [3.8, 4) is 6.07 Å². The zero-order valence-electron chi connectivity index (χ0n) is 10.2. The second-order valence-corrected chi connectivity index (χ2v) is 4.26. The largest absolute Gasteiger partial charge is 0.270 e. The summed E-state index contributed by atoms with van der Waals surface area (Å²) in [4.78, 5) is 14.4. The number of benzene rings is 2. The van der Waals surface area contributed by atoms with Crippen LogP contribution in [0.2, 0.25) is 5.02 Å². The van der Waals surface area contributed by atoms with Crippen LogP contribution in [-0.4, -0.2) is 11.1 Å². The Balaban J connectivity index is 2.39. The Bertz CT molecular complexity index is 735. The van der Waals surface area contributed by atoms with E-state index in [1.807, 2.05) is 6.07 Å². The van der Waals surface area contributed by atoms with E-state index in [1.165, 1.54) is 24.4 Å². The summed E-state index contributed by atoms with van der Waals surface area (Å²) in [6.07, 6.45) is 1.41. The van der Waals surface area contributed by atoms with Gasteiger partial charge in [-0.15, -0.1) is 0 Å². The predicted octanol–water partition coefficient (Wildman–Crippen LogP) is 3.87. The van der Waals surface area contributed by atoms with E-state index >= 15 is 0 Å². The van der Waals surface area contributed by atoms with Gasteiger partial charge in [0.05, 0.1) is 16.2 Å². The van der Waals surface area contributed by atoms with Crippen LogP contribution in [0, 0.1) is 21.4 Å². The van der Waals surface area contributed by atoms with E-state index in [0.717, 1.165) is 0 Å². The van der Waals surface area contributed by atoms with Gasteiger partial charge < -0.3 is 0 Å². The standard InChI is InChI=1S/C14H8ClN3O2/c15-13-6-5-12(18(19)20)7-11(13)9-17-14-4-2-1-3-10(14)8-16/h1-7,9H. The normalized spacial score (nSPS) is 10.4. The van der Waals surface area contributed by atoms with Crippen LogP contribution in [0.3, 0.4) is 0 Å². The van der Waals surface area contributed by atoms with Gasteiger partial charge in [-0.25, -0.2) is 0 Å². The lowest BCUT2D eigenvalue weighted by atomic mass is 10.2. The molecule has 2 rings (SSSR count). The van der Waals surface area contributed by atoms with Gasteiger partial charge in [-0.3, -0.25) is 15.1 Å². The molecule has 0 aliphatic heterocycles. The van der Waals surface area contributed by atoms with Crippen LogP contribution in [0.15, 0.2) is 47.5 Å². The van der Waals surface area contributed by atoms with E-state index in [-0.39, 0.29) is 5.69 Å². The minimum atomic E-state index is -0.503. The molecule has 5 nitrogen and oxygen atoms in total. The lowest BCUT2D eigenvalue weighted by Crippen LogP contribution is -1.91. The van der Waals surface area contributed by atoms with Crippen LogP contribution in [-0.2, 0) is 0 Å². The lowest BCUT2D eigenvalue weighted by molar-refractivity contribution is -0.384. The molecule has 0 atom stereocenters. The van der Waals surface area contributed by atoms with Crippen LogP contribution in [0.4, 0.5) is 11.4 Å². The third kappa shape index (κ3) is 2.99. The first-order valence-corrected chi connectivity index (χ1v) is 5.97. The maximum Gasteiger partial charge on any atom is 0.270 e. The average Bonchev–Trinajstić information content (AvgIpc) is 2.46. The van der Waals surface area contributed by atoms with E-state index in [4.69, 9.17) is 16.9 Å². The van der Waals surface area contributed by atoms with Crippen LogP contribution in [0.1, 0.15) is 11.1 Å². The molecule has 0 unspecified atom stereocenters. The summed E-state index contributed by atoms with van der Waals surface area (Å²) in [7, 11) is 0. The Labute approximate surface area is 119 Å². The topological polar surface area (TPSA) is 79.3 Å². The van der Waals surface area contributed by atoms with Crippen LogP contribution >= 0.6 is 11.6 Å². The number of para-hydroxylation sites is 1. The van der Waals surface area contributed by atoms with Crippen LogP contribution in [0.5, 0.6) is 0 Å². The number of nitro benzene ring substituents is 1. The van der Waals surface area contributed by atoms with Gasteiger partial charge in [0.1, 0.15) is 6.07 Å². The molecule has 0 aliphatic carbocycles. The minimum Gasteiger partial charge on any atom is -0.258 e. The Morgan fingerprint density at radius 2 is 2.05 bits per heavy atom. The highest BCUT2D eigenvalue weighted by molar-refractivity contribution is 6.33. The number of halogens is 1. The molecule has 0 spiro atoms. The van der Waals surface area contributed by atoms with E-state index in [0.29, 0.717) is 21.8 Å². The summed E-state index contributed by atoms with van der Waals surface area (Å²) in [6, 6.07) is 12.9. The molecule has 6 heteroatoms. The molecule has 0 radical (unpaired) electrons. The fourth-order valence-corrected chi connectivity index (χ4v) is 1.73. The zero-order chi connectivity index (χ0) is 14.5. The van der Waals surface area contributed by atoms with E-state index in [2.05, 4.69) is 4.99 Å². The molecule has 0 aromatic heterocycles. The molecule has 98 valence electrons. The molecule has 20 heavy (non-hydrogen) atoms.